The number of fused-ring (bicyclic) bond motifs is 2. The summed E-state index contributed by atoms with van der Waals surface area (Å²) >= 11 is 5.07. The van der Waals surface area contributed by atoms with Crippen molar-refractivity contribution < 1.29 is 4.39 Å². The largest absolute Gasteiger partial charge is 0.361 e. The number of hydrogen-bond acceptors (Lipinski definition) is 3. The zero-order valence-corrected chi connectivity index (χ0v) is 12.7. The minimum atomic E-state index is -0.214. The second-order valence-corrected chi connectivity index (χ2v) is 6.04. The quantitative estimate of drug-likeness (QED) is 0.713. The molecule has 0 atom stereocenters. The second kappa shape index (κ2) is 5.30. The number of halogens is 1. The number of benzene rings is 1. The molecule has 0 saturated heterocycles. The number of rotatable bonds is 2. The first-order valence-electron chi connectivity index (χ1n) is 7.24. The van der Waals surface area contributed by atoms with Crippen LogP contribution in [0.25, 0.3) is 10.9 Å². The third-order valence-electron chi connectivity index (χ3n) is 4.18. The van der Waals surface area contributed by atoms with Gasteiger partial charge in [0.25, 0.3) is 0 Å². The molecule has 6 heteroatoms. The third kappa shape index (κ3) is 2.44. The molecule has 22 heavy (non-hydrogen) atoms. The highest BCUT2D eigenvalue weighted by Gasteiger charge is 2.18. The van der Waals surface area contributed by atoms with Crippen LogP contribution in [0.5, 0.6) is 0 Å². The number of aromatic amines is 2. The zero-order valence-electron chi connectivity index (χ0n) is 11.9. The average Bonchev–Trinajstić information content (AvgIpc) is 2.89. The van der Waals surface area contributed by atoms with Crippen LogP contribution >= 0.6 is 12.2 Å². The first-order chi connectivity index (χ1) is 10.7. The van der Waals surface area contributed by atoms with Crippen molar-refractivity contribution in [3.05, 3.63) is 58.0 Å². The standard InChI is InChI=1S/C16H15FN4S/c17-12-1-2-13-10(6-18-15(13)5-12)8-21-4-3-14-11(9-21)7-19-16(22)20-14/h1-2,5-7,18H,3-4,8-9H2,(H,19,20,22). The van der Waals surface area contributed by atoms with Crippen LogP contribution in [0.3, 0.4) is 0 Å². The van der Waals surface area contributed by atoms with Gasteiger partial charge in [-0.15, -0.1) is 0 Å². The van der Waals surface area contributed by atoms with Crippen molar-refractivity contribution in [2.75, 3.05) is 6.54 Å². The summed E-state index contributed by atoms with van der Waals surface area (Å²) in [6, 6.07) is 4.89. The zero-order chi connectivity index (χ0) is 15.1. The highest BCUT2D eigenvalue weighted by Crippen LogP contribution is 2.23. The van der Waals surface area contributed by atoms with E-state index in [4.69, 9.17) is 12.2 Å². The Morgan fingerprint density at radius 2 is 2.27 bits per heavy atom. The van der Waals surface area contributed by atoms with Crippen LogP contribution in [0.4, 0.5) is 4.39 Å². The summed E-state index contributed by atoms with van der Waals surface area (Å²) in [5.74, 6) is -0.214. The predicted molar refractivity (Wildman–Crippen MR) is 85.5 cm³/mol. The van der Waals surface area contributed by atoms with E-state index in [1.165, 1.54) is 29.0 Å². The Kier molecular flexibility index (Phi) is 3.28. The molecule has 2 aromatic heterocycles. The Bertz CT molecular complexity index is 899. The van der Waals surface area contributed by atoms with Crippen LogP contribution in [-0.2, 0) is 19.5 Å². The monoisotopic (exact) mass is 314 g/mol. The van der Waals surface area contributed by atoms with Crippen molar-refractivity contribution in [1.82, 2.24) is 19.9 Å². The van der Waals surface area contributed by atoms with Crippen LogP contribution in [0.15, 0.2) is 30.6 Å². The van der Waals surface area contributed by atoms with Gasteiger partial charge in [0.15, 0.2) is 4.77 Å². The first kappa shape index (κ1) is 13.6. The first-order valence-corrected chi connectivity index (χ1v) is 7.65. The lowest BCUT2D eigenvalue weighted by molar-refractivity contribution is 0.243. The topological polar surface area (TPSA) is 47.7 Å². The van der Waals surface area contributed by atoms with Gasteiger partial charge in [0.05, 0.1) is 0 Å². The minimum absolute atomic E-state index is 0.214. The van der Waals surface area contributed by atoms with Gasteiger partial charge in [-0.25, -0.2) is 9.37 Å². The van der Waals surface area contributed by atoms with Gasteiger partial charge in [-0.2, -0.15) is 0 Å². The van der Waals surface area contributed by atoms with Gasteiger partial charge in [0.1, 0.15) is 5.82 Å². The number of nitrogens with zero attached hydrogens (tertiary/aromatic N) is 2. The van der Waals surface area contributed by atoms with Gasteiger partial charge in [0.2, 0.25) is 0 Å². The van der Waals surface area contributed by atoms with Crippen LogP contribution < -0.4 is 0 Å². The van der Waals surface area contributed by atoms with Crippen molar-refractivity contribution >= 4 is 23.1 Å². The Morgan fingerprint density at radius 1 is 1.36 bits per heavy atom. The fourth-order valence-corrected chi connectivity index (χ4v) is 3.25. The molecule has 1 aliphatic rings. The van der Waals surface area contributed by atoms with E-state index >= 15 is 0 Å². The van der Waals surface area contributed by atoms with E-state index in [2.05, 4.69) is 19.9 Å². The summed E-state index contributed by atoms with van der Waals surface area (Å²) < 4.78 is 13.8. The molecule has 2 N–H and O–H groups in total. The van der Waals surface area contributed by atoms with Gasteiger partial charge < -0.3 is 9.97 Å². The van der Waals surface area contributed by atoms with E-state index in [9.17, 15) is 4.39 Å². The fourth-order valence-electron chi connectivity index (χ4n) is 3.07. The molecular formula is C16H15FN4S. The Hall–Kier alpha value is -2.05. The molecular weight excluding hydrogens is 299 g/mol. The third-order valence-corrected chi connectivity index (χ3v) is 4.39. The van der Waals surface area contributed by atoms with E-state index in [1.807, 2.05) is 18.5 Å². The molecule has 0 aliphatic carbocycles. The summed E-state index contributed by atoms with van der Waals surface area (Å²) in [6.45, 7) is 2.65. The Morgan fingerprint density at radius 3 is 3.18 bits per heavy atom. The minimum Gasteiger partial charge on any atom is -0.361 e. The van der Waals surface area contributed by atoms with Crippen molar-refractivity contribution in [2.24, 2.45) is 0 Å². The van der Waals surface area contributed by atoms with Gasteiger partial charge in [-0.1, -0.05) is 0 Å². The Balaban J connectivity index is 1.59. The molecule has 1 aromatic carbocycles. The maximum Gasteiger partial charge on any atom is 0.196 e. The molecule has 0 spiro atoms. The summed E-state index contributed by atoms with van der Waals surface area (Å²) in [5.41, 5.74) is 4.43. The molecule has 0 fully saturated rings. The van der Waals surface area contributed by atoms with Crippen LogP contribution in [0, 0.1) is 10.6 Å². The second-order valence-electron chi connectivity index (χ2n) is 5.66. The van der Waals surface area contributed by atoms with Crippen LogP contribution in [-0.4, -0.2) is 26.4 Å². The van der Waals surface area contributed by atoms with Crippen LogP contribution in [0.2, 0.25) is 0 Å². The van der Waals surface area contributed by atoms with E-state index in [-0.39, 0.29) is 5.82 Å². The van der Waals surface area contributed by atoms with Crippen molar-refractivity contribution in [3.63, 3.8) is 0 Å². The van der Waals surface area contributed by atoms with Crippen molar-refractivity contribution in [1.29, 1.82) is 0 Å². The van der Waals surface area contributed by atoms with E-state index in [0.717, 1.165) is 37.0 Å². The molecule has 112 valence electrons. The summed E-state index contributed by atoms with van der Waals surface area (Å²) in [6.07, 6.45) is 4.78. The molecule has 0 bridgehead atoms. The Labute approximate surface area is 132 Å². The van der Waals surface area contributed by atoms with Gasteiger partial charge >= 0.3 is 0 Å². The lowest BCUT2D eigenvalue weighted by Crippen LogP contribution is -2.30. The maximum atomic E-state index is 13.3. The van der Waals surface area contributed by atoms with E-state index < -0.39 is 0 Å². The van der Waals surface area contributed by atoms with E-state index in [1.54, 1.807) is 0 Å². The average molecular weight is 314 g/mol. The molecule has 0 unspecified atom stereocenters. The molecule has 1 aliphatic heterocycles. The molecule has 4 rings (SSSR count). The molecule has 3 aromatic rings. The summed E-state index contributed by atoms with van der Waals surface area (Å²) in [4.78, 5) is 12.9. The lowest BCUT2D eigenvalue weighted by atomic mass is 10.1. The van der Waals surface area contributed by atoms with Gasteiger partial charge in [-0.05, 0) is 36.0 Å². The smallest absolute Gasteiger partial charge is 0.196 e. The van der Waals surface area contributed by atoms with Crippen molar-refractivity contribution in [2.45, 2.75) is 19.5 Å². The number of nitrogens with one attached hydrogen (secondary N) is 2. The van der Waals surface area contributed by atoms with Gasteiger partial charge in [0, 0.05) is 60.6 Å². The van der Waals surface area contributed by atoms with E-state index in [0.29, 0.717) is 4.77 Å². The molecule has 0 saturated carbocycles. The number of hydrogen-bond donors (Lipinski definition) is 2. The lowest BCUT2D eigenvalue weighted by Gasteiger charge is -2.27. The summed E-state index contributed by atoms with van der Waals surface area (Å²) in [5, 5.41) is 1.08. The van der Waals surface area contributed by atoms with Gasteiger partial charge in [-0.3, -0.25) is 4.90 Å². The molecule has 0 amide bonds. The predicted octanol–water partition coefficient (Wildman–Crippen LogP) is 3.32. The molecule has 3 heterocycles. The summed E-state index contributed by atoms with van der Waals surface area (Å²) in [7, 11) is 0. The normalized spacial score (nSPS) is 15.1. The fraction of sp³-hybridized carbons (Fsp3) is 0.250. The molecule has 0 radical (unpaired) electrons. The van der Waals surface area contributed by atoms with Crippen LogP contribution in [0.1, 0.15) is 16.8 Å². The highest BCUT2D eigenvalue weighted by atomic mass is 32.1. The molecule has 4 nitrogen and oxygen atoms in total. The maximum absolute atomic E-state index is 13.3. The SMILES string of the molecule is Fc1ccc2c(CN3CCc4[nH]c(=S)ncc4C3)c[nH]c2c1. The number of aromatic nitrogens is 3. The number of H-pyrrole nitrogens is 2. The van der Waals surface area contributed by atoms with Crippen molar-refractivity contribution in [3.8, 4) is 0 Å². The highest BCUT2D eigenvalue weighted by molar-refractivity contribution is 7.71.